The number of fused-ring (bicyclic) bond motifs is 2. The fraction of sp³-hybridized carbons (Fsp3) is 0.312. The molecule has 5 rings (SSSR count). The van der Waals surface area contributed by atoms with Crippen molar-refractivity contribution in [1.29, 1.82) is 0 Å². The molecule has 190 valence electrons. The zero-order valence-corrected chi connectivity index (χ0v) is 21.8. The van der Waals surface area contributed by atoms with Crippen molar-refractivity contribution in [2.45, 2.75) is 52.5 Å². The number of ether oxygens (including phenoxy) is 1. The third kappa shape index (κ3) is 4.91. The average Bonchev–Trinajstić information content (AvgIpc) is 3.19. The van der Waals surface area contributed by atoms with Crippen molar-refractivity contribution >= 4 is 16.9 Å². The number of nitrogens with zero attached hydrogens (tertiary/aromatic N) is 1. The van der Waals surface area contributed by atoms with Crippen LogP contribution in [0.5, 0.6) is 5.75 Å². The summed E-state index contributed by atoms with van der Waals surface area (Å²) in [5.74, 6) is 0.643. The zero-order chi connectivity index (χ0) is 25.9. The van der Waals surface area contributed by atoms with Crippen LogP contribution >= 0.6 is 0 Å². The molecule has 5 nitrogen and oxygen atoms in total. The maximum absolute atomic E-state index is 13.9. The van der Waals surface area contributed by atoms with Crippen LogP contribution in [-0.4, -0.2) is 24.0 Å². The van der Waals surface area contributed by atoms with Crippen LogP contribution in [0.1, 0.15) is 70.6 Å². The van der Waals surface area contributed by atoms with Gasteiger partial charge in [0.05, 0.1) is 23.6 Å². The van der Waals surface area contributed by atoms with E-state index in [1.54, 1.807) is 4.90 Å². The second-order valence-electron chi connectivity index (χ2n) is 9.87. The molecule has 0 aliphatic carbocycles. The Bertz CT molecular complexity index is 1490. The molecular weight excluding hydrogens is 462 g/mol. The lowest BCUT2D eigenvalue weighted by Crippen LogP contribution is -2.31. The van der Waals surface area contributed by atoms with Crippen molar-refractivity contribution in [2.75, 3.05) is 13.2 Å². The largest absolute Gasteiger partial charge is 0.494 e. The minimum Gasteiger partial charge on any atom is -0.494 e. The standard InChI is InChI=1S/C32H33NO4/c1-4-5-9-17-36-25-14-10-13-24(20-25)29-28-30(34)26-18-21(2)22(3)19-27(26)37-31(28)32(35)33(29)16-15-23-11-7-6-8-12-23/h6-8,10-14,18-20,29H,4-5,9,15-17H2,1-3H3. The van der Waals surface area contributed by atoms with Crippen molar-refractivity contribution in [3.8, 4) is 5.75 Å². The van der Waals surface area contributed by atoms with E-state index in [9.17, 15) is 9.59 Å². The molecule has 0 saturated carbocycles. The first-order chi connectivity index (χ1) is 18.0. The molecule has 0 bridgehead atoms. The van der Waals surface area contributed by atoms with Gasteiger partial charge in [0.1, 0.15) is 11.3 Å². The van der Waals surface area contributed by atoms with E-state index >= 15 is 0 Å². The van der Waals surface area contributed by atoms with E-state index in [4.69, 9.17) is 9.15 Å². The quantitative estimate of drug-likeness (QED) is 0.241. The Morgan fingerprint density at radius 1 is 0.919 bits per heavy atom. The van der Waals surface area contributed by atoms with E-state index in [0.29, 0.717) is 36.1 Å². The predicted molar refractivity (Wildman–Crippen MR) is 146 cm³/mol. The fourth-order valence-corrected chi connectivity index (χ4v) is 5.06. The molecule has 0 radical (unpaired) electrons. The summed E-state index contributed by atoms with van der Waals surface area (Å²) >= 11 is 0. The van der Waals surface area contributed by atoms with Crippen molar-refractivity contribution in [1.82, 2.24) is 4.90 Å². The molecule has 1 unspecified atom stereocenters. The Morgan fingerprint density at radius 3 is 2.49 bits per heavy atom. The molecule has 1 aliphatic rings. The van der Waals surface area contributed by atoms with Gasteiger partial charge in [0, 0.05) is 6.54 Å². The van der Waals surface area contributed by atoms with Gasteiger partial charge in [-0.15, -0.1) is 0 Å². The molecule has 1 aliphatic heterocycles. The van der Waals surface area contributed by atoms with E-state index in [0.717, 1.165) is 47.3 Å². The Balaban J connectivity index is 1.58. The Hall–Kier alpha value is -3.86. The van der Waals surface area contributed by atoms with Crippen molar-refractivity contribution < 1.29 is 13.9 Å². The minimum atomic E-state index is -0.535. The zero-order valence-electron chi connectivity index (χ0n) is 21.8. The molecular formula is C32H33NO4. The van der Waals surface area contributed by atoms with Gasteiger partial charge in [0.25, 0.3) is 5.91 Å². The van der Waals surface area contributed by atoms with E-state index in [1.807, 2.05) is 68.4 Å². The molecule has 0 saturated heterocycles. The van der Waals surface area contributed by atoms with Crippen LogP contribution in [0.4, 0.5) is 0 Å². The number of hydrogen-bond donors (Lipinski definition) is 0. The van der Waals surface area contributed by atoms with Crippen LogP contribution in [0.2, 0.25) is 0 Å². The maximum Gasteiger partial charge on any atom is 0.290 e. The van der Waals surface area contributed by atoms with Crippen molar-refractivity contribution in [3.63, 3.8) is 0 Å². The highest BCUT2D eigenvalue weighted by molar-refractivity contribution is 5.99. The van der Waals surface area contributed by atoms with Crippen LogP contribution in [0.15, 0.2) is 75.9 Å². The highest BCUT2D eigenvalue weighted by Gasteiger charge is 2.42. The Labute approximate surface area is 217 Å². The second-order valence-corrected chi connectivity index (χ2v) is 9.87. The van der Waals surface area contributed by atoms with Gasteiger partial charge in [-0.2, -0.15) is 0 Å². The molecule has 4 aromatic rings. The molecule has 1 atom stereocenters. The summed E-state index contributed by atoms with van der Waals surface area (Å²) in [5.41, 5.74) is 4.75. The molecule has 0 spiro atoms. The molecule has 0 N–H and O–H groups in total. The monoisotopic (exact) mass is 495 g/mol. The third-order valence-electron chi connectivity index (χ3n) is 7.26. The van der Waals surface area contributed by atoms with Crippen LogP contribution in [-0.2, 0) is 6.42 Å². The van der Waals surface area contributed by atoms with Gasteiger partial charge < -0.3 is 14.1 Å². The highest BCUT2D eigenvalue weighted by Crippen LogP contribution is 2.39. The van der Waals surface area contributed by atoms with Gasteiger partial charge in [-0.3, -0.25) is 9.59 Å². The molecule has 0 fully saturated rings. The number of aryl methyl sites for hydroxylation is 2. The SMILES string of the molecule is CCCCCOc1cccc(C2c3c(oc4cc(C)c(C)cc4c3=O)C(=O)N2CCc2ccccc2)c1. The number of amides is 1. The molecule has 3 aromatic carbocycles. The van der Waals surface area contributed by atoms with Gasteiger partial charge in [-0.25, -0.2) is 0 Å². The summed E-state index contributed by atoms with van der Waals surface area (Å²) in [6.45, 7) is 7.23. The molecule has 1 aromatic heterocycles. The smallest absolute Gasteiger partial charge is 0.290 e. The lowest BCUT2D eigenvalue weighted by molar-refractivity contribution is 0.0730. The average molecular weight is 496 g/mol. The first-order valence-corrected chi connectivity index (χ1v) is 13.1. The first kappa shape index (κ1) is 24.8. The summed E-state index contributed by atoms with van der Waals surface area (Å²) in [6, 6.07) is 21.0. The number of unbranched alkanes of at least 4 members (excludes halogenated alkanes) is 2. The number of carbonyl (C=O) groups is 1. The summed E-state index contributed by atoms with van der Waals surface area (Å²) in [7, 11) is 0. The van der Waals surface area contributed by atoms with Gasteiger partial charge in [-0.1, -0.05) is 62.2 Å². The van der Waals surface area contributed by atoms with E-state index < -0.39 is 6.04 Å². The van der Waals surface area contributed by atoms with Crippen LogP contribution in [0.25, 0.3) is 11.0 Å². The minimum absolute atomic E-state index is 0.144. The van der Waals surface area contributed by atoms with E-state index in [2.05, 4.69) is 19.1 Å². The fourth-order valence-electron chi connectivity index (χ4n) is 5.06. The molecule has 5 heteroatoms. The lowest BCUT2D eigenvalue weighted by Gasteiger charge is -2.25. The number of rotatable bonds is 9. The molecule has 2 heterocycles. The molecule has 1 amide bonds. The maximum atomic E-state index is 13.9. The topological polar surface area (TPSA) is 59.8 Å². The second kappa shape index (κ2) is 10.6. The lowest BCUT2D eigenvalue weighted by atomic mass is 9.97. The van der Waals surface area contributed by atoms with Gasteiger partial charge in [0.2, 0.25) is 5.76 Å². The molecule has 37 heavy (non-hydrogen) atoms. The Morgan fingerprint density at radius 2 is 1.70 bits per heavy atom. The normalized spacial score (nSPS) is 14.8. The Kier molecular flexibility index (Phi) is 7.13. The van der Waals surface area contributed by atoms with Gasteiger partial charge >= 0.3 is 0 Å². The summed E-state index contributed by atoms with van der Waals surface area (Å²) < 4.78 is 12.2. The number of benzene rings is 3. The predicted octanol–water partition coefficient (Wildman–Crippen LogP) is 6.77. The summed E-state index contributed by atoms with van der Waals surface area (Å²) in [5, 5.41) is 0.511. The number of hydrogen-bond acceptors (Lipinski definition) is 4. The van der Waals surface area contributed by atoms with E-state index in [1.165, 1.54) is 0 Å². The number of carbonyl (C=O) groups excluding carboxylic acids is 1. The van der Waals surface area contributed by atoms with Crippen LogP contribution in [0.3, 0.4) is 0 Å². The summed E-state index contributed by atoms with van der Waals surface area (Å²) in [6.07, 6.45) is 3.91. The highest BCUT2D eigenvalue weighted by atomic mass is 16.5. The van der Waals surface area contributed by atoms with Crippen molar-refractivity contribution in [2.24, 2.45) is 0 Å². The van der Waals surface area contributed by atoms with E-state index in [-0.39, 0.29) is 17.1 Å². The first-order valence-electron chi connectivity index (χ1n) is 13.1. The van der Waals surface area contributed by atoms with Crippen LogP contribution < -0.4 is 10.2 Å². The van der Waals surface area contributed by atoms with Crippen LogP contribution in [0, 0.1) is 13.8 Å². The van der Waals surface area contributed by atoms with Crippen molar-refractivity contribution in [3.05, 3.63) is 111 Å². The van der Waals surface area contributed by atoms with Gasteiger partial charge in [-0.05, 0) is 73.2 Å². The summed E-state index contributed by atoms with van der Waals surface area (Å²) in [4.78, 5) is 29.4. The van der Waals surface area contributed by atoms with Gasteiger partial charge in [0.15, 0.2) is 5.43 Å². The third-order valence-corrected chi connectivity index (χ3v) is 7.26.